The van der Waals surface area contributed by atoms with E-state index in [0.29, 0.717) is 125 Å². The number of carbonyl (C=O) groups is 4. The molecule has 136 heavy (non-hydrogen) atoms. The Hall–Kier alpha value is -14.6. The number of fused-ring (bicyclic) bond motifs is 4. The number of pyridine rings is 7. The summed E-state index contributed by atoms with van der Waals surface area (Å²) in [6, 6.07) is 17.2. The van der Waals surface area contributed by atoms with Crippen LogP contribution in [0, 0.1) is 29.2 Å². The highest BCUT2D eigenvalue weighted by Crippen LogP contribution is 2.55. The van der Waals surface area contributed by atoms with Crippen LogP contribution < -0.4 is 95.9 Å². The van der Waals surface area contributed by atoms with E-state index in [0.717, 1.165) is 101 Å². The van der Waals surface area contributed by atoms with E-state index < -0.39 is 61.8 Å². The quantitative estimate of drug-likeness (QED) is 0.00414. The zero-order valence-electron chi connectivity index (χ0n) is 76.0. The monoisotopic (exact) mass is 1860 g/mol. The number of aromatic nitrogens is 9. The normalized spacial score (nSPS) is 18.2. The molecule has 4 saturated carbocycles. The van der Waals surface area contributed by atoms with Crippen LogP contribution in [-0.4, -0.2) is 149 Å². The molecule has 4 aliphatic carbocycles. The van der Waals surface area contributed by atoms with Gasteiger partial charge in [0.15, 0.2) is 69.5 Å². The second kappa shape index (κ2) is 38.1. The molecule has 0 radical (unpaired) electrons. The molecule has 4 spiro atoms. The molecule has 1 saturated heterocycles. The van der Waals surface area contributed by atoms with Crippen LogP contribution in [0.4, 0.5) is 68.9 Å². The zero-order chi connectivity index (χ0) is 96.0. The maximum Gasteiger partial charge on any atom is 0.202 e. The lowest BCUT2D eigenvalue weighted by molar-refractivity contribution is -0.115. The maximum atomic E-state index is 15.6. The fourth-order valence-electron chi connectivity index (χ4n) is 20.1. The van der Waals surface area contributed by atoms with Gasteiger partial charge in [-0.2, -0.15) is 0 Å². The van der Waals surface area contributed by atoms with Crippen molar-refractivity contribution in [2.24, 2.45) is 16.8 Å². The van der Waals surface area contributed by atoms with Crippen LogP contribution in [-0.2, 0) is 51.1 Å². The Morgan fingerprint density at radius 1 is 0.478 bits per heavy atom. The maximum absolute atomic E-state index is 15.6. The molecule has 34 nitrogen and oxygen atoms in total. The summed E-state index contributed by atoms with van der Waals surface area (Å²) in [6.07, 6.45) is 31.6. The first-order valence-corrected chi connectivity index (χ1v) is 45.7. The van der Waals surface area contributed by atoms with Gasteiger partial charge in [-0.1, -0.05) is 49.0 Å². The number of ketones is 4. The van der Waals surface area contributed by atoms with Gasteiger partial charge in [0.25, 0.3) is 0 Å². The van der Waals surface area contributed by atoms with Crippen LogP contribution in [0.25, 0.3) is 43.6 Å². The molecule has 712 valence electrons. The highest BCUT2D eigenvalue weighted by molar-refractivity contribution is 6.09. The molecule has 3 atom stereocenters. The van der Waals surface area contributed by atoms with Crippen LogP contribution in [0.15, 0.2) is 141 Å². The smallest absolute Gasteiger partial charge is 0.202 e. The predicted molar refractivity (Wildman–Crippen MR) is 510 cm³/mol. The number of nitrogens with one attached hydrogen (secondary N) is 5. The number of nitrogen functional groups attached to an aromatic ring is 4. The largest absolute Gasteiger partial charge is 0.487 e. The second-order valence-electron chi connectivity index (χ2n) is 36.5. The van der Waals surface area contributed by atoms with E-state index in [1.807, 2.05) is 83.6 Å². The Kier molecular flexibility index (Phi) is 26.1. The molecule has 12 aromatic rings. The molecule has 5 aliphatic heterocycles. The number of halogens is 4. The number of hydrogen-bond acceptors (Lipinski definition) is 28. The summed E-state index contributed by atoms with van der Waals surface area (Å²) in [5.41, 5.74) is 29.8. The summed E-state index contributed by atoms with van der Waals surface area (Å²) in [6.45, 7) is 11.7. The summed E-state index contributed by atoms with van der Waals surface area (Å²) in [7, 11) is 0. The van der Waals surface area contributed by atoms with Crippen molar-refractivity contribution in [3.05, 3.63) is 215 Å². The number of ether oxygens (including phenoxy) is 5. The number of benzene rings is 4. The van der Waals surface area contributed by atoms with Crippen LogP contribution >= 0.6 is 0 Å². The number of aryl methyl sites for hydroxylation is 2. The SMILES string of the molecule is CC(=O)c1cn2c3c(c(NCCCc4ccccn4)c(F)c(N)c3c1=O)OCC21CCOC1.CC(=O)c1cn2c3c(c(NCCNc4ccccn4)c(F)c(N)c3c1=O)OCC21CCC1.CC(=O)c1cn2c3c(c(N[C@H]4C[C@H]4Cc4ccccn4)c(F)c(N)c3c1=O)OCC21CCCC1.CC(C)=O.NC(=NO)c1cn2c3c(c(NCCCn4ccnc4)c(F)c(N)c3c1=O)OCC21CCCC1. The van der Waals surface area contributed by atoms with E-state index in [-0.39, 0.29) is 153 Å². The lowest BCUT2D eigenvalue weighted by Crippen LogP contribution is -2.49. The molecular weight excluding hydrogens is 1760 g/mol. The Labute approximate surface area is 776 Å². The van der Waals surface area contributed by atoms with Gasteiger partial charge in [0.1, 0.15) is 66.3 Å². The van der Waals surface area contributed by atoms with Crippen LogP contribution in [0.3, 0.4) is 0 Å². The number of nitrogens with two attached hydrogens (primary N) is 5. The third kappa shape index (κ3) is 17.2. The van der Waals surface area contributed by atoms with E-state index in [2.05, 4.69) is 51.7 Å². The molecule has 13 heterocycles. The van der Waals surface area contributed by atoms with Gasteiger partial charge in [0, 0.05) is 113 Å². The van der Waals surface area contributed by atoms with Crippen molar-refractivity contribution >= 4 is 124 Å². The average Bonchev–Trinajstić information content (AvgIpc) is 0.960. The van der Waals surface area contributed by atoms with Gasteiger partial charge in [-0.05, 0) is 160 Å². The first-order valence-electron chi connectivity index (χ1n) is 45.7. The molecule has 8 aromatic heterocycles. The van der Waals surface area contributed by atoms with Crippen molar-refractivity contribution in [2.75, 3.05) is 115 Å². The van der Waals surface area contributed by atoms with E-state index in [4.69, 9.17) is 52.4 Å². The fraction of sp³-hybridized carbons (Fsp3) is 0.398. The fourth-order valence-corrected chi connectivity index (χ4v) is 20.1. The van der Waals surface area contributed by atoms with Crippen molar-refractivity contribution in [2.45, 2.75) is 179 Å². The van der Waals surface area contributed by atoms with Crippen LogP contribution in [0.1, 0.15) is 179 Å². The lowest BCUT2D eigenvalue weighted by atomic mass is 9.76. The Morgan fingerprint density at radius 2 is 0.875 bits per heavy atom. The minimum Gasteiger partial charge on any atom is -0.487 e. The number of amidine groups is 1. The summed E-state index contributed by atoms with van der Waals surface area (Å²) in [4.78, 5) is 116. The van der Waals surface area contributed by atoms with Crippen LogP contribution in [0.2, 0.25) is 0 Å². The number of rotatable bonds is 23. The van der Waals surface area contributed by atoms with Gasteiger partial charge in [0.2, 0.25) is 21.7 Å². The van der Waals surface area contributed by atoms with Crippen molar-refractivity contribution in [1.29, 1.82) is 0 Å². The standard InChI is InChI=1S/C26H27FN4O3.C24H25FN4O4.C23H24FN5O3.C22H26FN7O3.C3H6O/c1-14(32)17-12-31-23-19(24(17)33)21(28)20(27)22(25(23)34-13-26(31)7-3-4-8-26)30-18-11-15(18)10-16-6-2-5-9-29-16;1-14(30)16-11-29-21-17(22(16)31)19(26)18(25)20(23(21)33-13-24(29)7-10-32-12-24)28-9-4-6-15-5-2-3-8-27-15;1-13(30)14-11-29-20-16(21(14)31)18(25)17(24)19(22(20)32-12-23(29)6-4-7-23)28-10-9-27-15-5-2-3-8-26-15;23-15-16(24)14-18-20(17(15)27-6-3-8-29-9-7-26-12-29)33-11-22(4-1-2-5-22)30(18)10-13(19(14)31)21(25)28-32;1-3(2)4/h2,5-6,9,12,15,18,30H,3-4,7-8,10-11,13,28H2,1H3;2-3,5,8,11,28H,4,6-7,9-10,12-13,26H2,1H3;2-3,5,8,11,28H,4,6-7,9-10,12,25H2,1H3,(H,26,27);7,9-10,12,27,32H,1-6,8,11,24H2,(H2,25,28);1-2H3/t15-,18+;;;;/m1..../s1. The van der Waals surface area contributed by atoms with E-state index in [1.165, 1.54) is 34.6 Å². The van der Waals surface area contributed by atoms with Crippen LogP contribution in [0.5, 0.6) is 23.0 Å². The average molecular weight is 1870 g/mol. The molecule has 9 aliphatic rings. The topological polar surface area (TPSA) is 482 Å². The Morgan fingerprint density at radius 3 is 1.28 bits per heavy atom. The molecule has 16 N–H and O–H groups in total. The van der Waals surface area contributed by atoms with E-state index >= 15 is 17.6 Å². The minimum absolute atomic E-state index is 0.00772. The highest BCUT2D eigenvalue weighted by atomic mass is 19.1. The van der Waals surface area contributed by atoms with E-state index in [1.54, 1.807) is 55.9 Å². The third-order valence-electron chi connectivity index (χ3n) is 27.4. The highest BCUT2D eigenvalue weighted by Gasteiger charge is 2.50. The minimum atomic E-state index is -0.752. The molecule has 21 rings (SSSR count). The van der Waals surface area contributed by atoms with Gasteiger partial charge in [-0.15, -0.1) is 0 Å². The molecule has 0 amide bonds. The Bertz CT molecular complexity index is 7010. The molecule has 1 unspecified atom stereocenters. The van der Waals surface area contributed by atoms with Crippen molar-refractivity contribution in [3.8, 4) is 23.0 Å². The number of carbonyl (C=O) groups excluding carboxylic acids is 4. The summed E-state index contributed by atoms with van der Waals surface area (Å²) in [5.74, 6) is -2.13. The first-order chi connectivity index (χ1) is 65.4. The van der Waals surface area contributed by atoms with Gasteiger partial charge < -0.3 is 112 Å². The third-order valence-corrected chi connectivity index (χ3v) is 27.4. The molecular formula is C98H108F4N20O14. The zero-order valence-corrected chi connectivity index (χ0v) is 76.0. The molecule has 4 aromatic carbocycles. The molecule has 5 fully saturated rings. The van der Waals surface area contributed by atoms with Gasteiger partial charge in [0.05, 0.1) is 118 Å². The summed E-state index contributed by atoms with van der Waals surface area (Å²) < 4.78 is 102. The molecule has 0 bridgehead atoms. The van der Waals surface area contributed by atoms with Gasteiger partial charge in [-0.3, -0.25) is 43.5 Å². The lowest BCUT2D eigenvalue weighted by Gasteiger charge is -2.47. The number of nitrogens with zero attached hydrogens (tertiary/aromatic N) is 10. The summed E-state index contributed by atoms with van der Waals surface area (Å²) >= 11 is 0. The Balaban J connectivity index is 0.000000124. The first kappa shape index (κ1) is 93.2. The predicted octanol–water partition coefficient (Wildman–Crippen LogP) is 12.8. The number of hydrogen-bond donors (Lipinski definition) is 11. The molecule has 38 heteroatoms. The number of anilines is 9. The second-order valence-corrected chi connectivity index (χ2v) is 36.5. The van der Waals surface area contributed by atoms with E-state index in [9.17, 15) is 43.6 Å². The summed E-state index contributed by atoms with van der Waals surface area (Å²) in [5, 5.41) is 28.0. The van der Waals surface area contributed by atoms with Crippen molar-refractivity contribution < 1.29 is 65.6 Å². The van der Waals surface area contributed by atoms with Crippen molar-refractivity contribution in [1.82, 2.24) is 42.8 Å². The number of imidazole rings is 1. The van der Waals surface area contributed by atoms with Crippen molar-refractivity contribution in [3.63, 3.8) is 0 Å². The number of Topliss-reactive ketones (excluding diaryl/α,β-unsaturated/α-hetero) is 4. The number of oxime groups is 1. The van der Waals surface area contributed by atoms with Gasteiger partial charge in [-0.25, -0.2) is 27.5 Å². The van der Waals surface area contributed by atoms with Gasteiger partial charge >= 0.3 is 0 Å².